The number of carbonyl (C=O) groups is 1. The molecule has 10 heteroatoms. The number of likely N-dealkylation sites (tertiary alicyclic amines) is 1. The normalized spacial score (nSPS) is 17.2. The minimum Gasteiger partial charge on any atom is -0.432 e. The van der Waals surface area contributed by atoms with Crippen LogP contribution >= 0.6 is 0 Å². The van der Waals surface area contributed by atoms with Crippen LogP contribution in [0.1, 0.15) is 64.2 Å². The average molecular weight is 599 g/mol. The largest absolute Gasteiger partial charge is 0.432 e. The van der Waals surface area contributed by atoms with E-state index >= 15 is 4.39 Å². The third kappa shape index (κ3) is 7.83. The van der Waals surface area contributed by atoms with Gasteiger partial charge in [-0.1, -0.05) is 19.9 Å². The van der Waals surface area contributed by atoms with Crippen LogP contribution in [0.5, 0.6) is 11.6 Å². The minimum absolute atomic E-state index is 0.0268. The molecule has 2 aromatic rings. The molecule has 1 aromatic carbocycles. The highest BCUT2D eigenvalue weighted by molar-refractivity contribution is 5.97. The van der Waals surface area contributed by atoms with E-state index in [1.54, 1.807) is 24.3 Å². The molecular weight excluding hydrogens is 547 g/mol. The molecule has 1 amide bonds. The second-order valence-electron chi connectivity index (χ2n) is 13.0. The zero-order chi connectivity index (χ0) is 31.1. The molecule has 1 spiro atoms. The number of hydrogen-bond acceptors (Lipinski definition) is 8. The third-order valence-electron chi connectivity index (χ3n) is 9.10. The number of methoxy groups -OCH3 is 1. The van der Waals surface area contributed by atoms with Gasteiger partial charge in [0.2, 0.25) is 0 Å². The highest BCUT2D eigenvalue weighted by atomic mass is 19.1. The smallest absolute Gasteiger partial charge is 0.262 e. The summed E-state index contributed by atoms with van der Waals surface area (Å²) in [7, 11) is 3.92. The van der Waals surface area contributed by atoms with Crippen molar-refractivity contribution >= 4 is 11.6 Å². The number of nitrogens with zero attached hydrogens (tertiary/aromatic N) is 6. The van der Waals surface area contributed by atoms with Crippen LogP contribution in [-0.4, -0.2) is 109 Å². The fourth-order valence-corrected chi connectivity index (χ4v) is 6.72. The summed E-state index contributed by atoms with van der Waals surface area (Å²) in [5.74, 6) is -0.154. The number of ether oxygens (including phenoxy) is 2. The van der Waals surface area contributed by atoms with Crippen molar-refractivity contribution in [2.75, 3.05) is 71.5 Å². The maximum Gasteiger partial charge on any atom is 0.262 e. The van der Waals surface area contributed by atoms with E-state index in [4.69, 9.17) is 9.47 Å². The van der Waals surface area contributed by atoms with Gasteiger partial charge in [0.25, 0.3) is 11.8 Å². The lowest BCUT2D eigenvalue weighted by Gasteiger charge is -2.53. The summed E-state index contributed by atoms with van der Waals surface area (Å²) in [5, 5.41) is 8.30. The number of para-hydroxylation sites is 1. The number of hydrogen-bond donors (Lipinski definition) is 0. The van der Waals surface area contributed by atoms with E-state index in [0.29, 0.717) is 18.5 Å². The maximum atomic E-state index is 15.2. The van der Waals surface area contributed by atoms with Gasteiger partial charge < -0.3 is 24.2 Å². The molecule has 238 valence electrons. The Morgan fingerprint density at radius 1 is 1.14 bits per heavy atom. The van der Waals surface area contributed by atoms with Gasteiger partial charge in [-0.15, -0.1) is 5.10 Å². The van der Waals surface area contributed by atoms with Gasteiger partial charge >= 0.3 is 0 Å². The van der Waals surface area contributed by atoms with Gasteiger partial charge in [0.05, 0.1) is 18.4 Å². The first-order chi connectivity index (χ1) is 20.6. The van der Waals surface area contributed by atoms with Gasteiger partial charge in [0.15, 0.2) is 11.6 Å². The van der Waals surface area contributed by atoms with Crippen molar-refractivity contribution in [1.29, 1.82) is 0 Å². The predicted molar refractivity (Wildman–Crippen MR) is 168 cm³/mol. The quantitative estimate of drug-likeness (QED) is 0.278. The Hall–Kier alpha value is -2.82. The van der Waals surface area contributed by atoms with Crippen molar-refractivity contribution in [3.8, 4) is 11.6 Å². The van der Waals surface area contributed by atoms with Gasteiger partial charge in [-0.2, -0.15) is 5.10 Å². The summed E-state index contributed by atoms with van der Waals surface area (Å²) in [6.07, 6.45) is 5.09. The molecule has 0 N–H and O–H groups in total. The van der Waals surface area contributed by atoms with E-state index in [9.17, 15) is 4.79 Å². The molecule has 0 bridgehead atoms. The zero-order valence-corrected chi connectivity index (χ0v) is 27.2. The second kappa shape index (κ2) is 14.8. The molecule has 2 saturated heterocycles. The van der Waals surface area contributed by atoms with E-state index in [2.05, 4.69) is 45.8 Å². The van der Waals surface area contributed by atoms with E-state index < -0.39 is 5.82 Å². The molecule has 9 nitrogen and oxygen atoms in total. The van der Waals surface area contributed by atoms with Crippen LogP contribution in [-0.2, 0) is 4.74 Å². The molecular formula is C33H51FN6O3. The SMILES string of the molecule is CCN(C(=O)c1cccc(F)c1Oc1nnccc1N1CCC2(C1)CN(C(CCCN(C)CCOC)C(C)C)C2)C(C)C. The molecule has 0 saturated carbocycles. The van der Waals surface area contributed by atoms with Crippen LogP contribution in [0.4, 0.5) is 10.1 Å². The number of carbonyl (C=O) groups excluding carboxylic acids is 1. The van der Waals surface area contributed by atoms with Crippen molar-refractivity contribution in [2.24, 2.45) is 11.3 Å². The van der Waals surface area contributed by atoms with E-state index in [1.165, 1.54) is 25.0 Å². The molecule has 2 aliphatic heterocycles. The molecule has 1 aromatic heterocycles. The fourth-order valence-electron chi connectivity index (χ4n) is 6.72. The highest BCUT2D eigenvalue weighted by Gasteiger charge is 2.50. The number of likely N-dealkylation sites (N-methyl/N-ethyl adjacent to an activating group) is 1. The lowest BCUT2D eigenvalue weighted by molar-refractivity contribution is -0.0344. The molecule has 1 unspecified atom stereocenters. The van der Waals surface area contributed by atoms with Gasteiger partial charge in [-0.25, -0.2) is 4.39 Å². The molecule has 2 aliphatic rings. The van der Waals surface area contributed by atoms with Crippen LogP contribution in [0, 0.1) is 17.2 Å². The van der Waals surface area contributed by atoms with Crippen molar-refractivity contribution < 1.29 is 18.7 Å². The van der Waals surface area contributed by atoms with Crippen molar-refractivity contribution in [2.45, 2.75) is 66.0 Å². The lowest BCUT2D eigenvalue weighted by Crippen LogP contribution is -2.62. The molecule has 43 heavy (non-hydrogen) atoms. The Kier molecular flexibility index (Phi) is 11.4. The molecule has 0 radical (unpaired) electrons. The Labute approximate surface area is 257 Å². The van der Waals surface area contributed by atoms with E-state index in [-0.39, 0.29) is 34.6 Å². The number of halogens is 1. The maximum absolute atomic E-state index is 15.2. The molecule has 3 heterocycles. The topological polar surface area (TPSA) is 74.3 Å². The molecule has 1 atom stereocenters. The third-order valence-corrected chi connectivity index (χ3v) is 9.10. The van der Waals surface area contributed by atoms with Gasteiger partial charge in [-0.05, 0) is 77.7 Å². The Balaban J connectivity index is 1.42. The summed E-state index contributed by atoms with van der Waals surface area (Å²) in [6.45, 7) is 17.7. The van der Waals surface area contributed by atoms with Gasteiger partial charge in [0.1, 0.15) is 5.69 Å². The molecule has 2 fully saturated rings. The van der Waals surface area contributed by atoms with Crippen molar-refractivity contribution in [1.82, 2.24) is 24.9 Å². The van der Waals surface area contributed by atoms with Crippen LogP contribution in [0.3, 0.4) is 0 Å². The zero-order valence-electron chi connectivity index (χ0n) is 27.2. The summed E-state index contributed by atoms with van der Waals surface area (Å²) < 4.78 is 26.5. The monoisotopic (exact) mass is 598 g/mol. The first kappa shape index (κ1) is 33.1. The summed E-state index contributed by atoms with van der Waals surface area (Å²) in [5.41, 5.74) is 1.19. The van der Waals surface area contributed by atoms with Crippen LogP contribution < -0.4 is 9.64 Å². The van der Waals surface area contributed by atoms with Crippen LogP contribution in [0.2, 0.25) is 0 Å². The first-order valence-electron chi connectivity index (χ1n) is 15.8. The number of benzene rings is 1. The molecule has 0 aliphatic carbocycles. The summed E-state index contributed by atoms with van der Waals surface area (Å²) in [4.78, 5) is 22.3. The van der Waals surface area contributed by atoms with Crippen LogP contribution in [0.15, 0.2) is 30.5 Å². The highest BCUT2D eigenvalue weighted by Crippen LogP contribution is 2.45. The standard InChI is InChI=1S/C33H51FN6O3/c1-8-40(25(4)5)32(41)26-11-9-12-27(34)30(26)43-31-29(14-16-35-36-31)38-18-15-33(21-38)22-39(23-33)28(24(2)3)13-10-17-37(6)19-20-42-7/h9,11-12,14,16,24-25,28H,8,10,13,15,17-23H2,1-7H3. The Bertz CT molecular complexity index is 1200. The van der Waals surface area contributed by atoms with Crippen LogP contribution in [0.25, 0.3) is 0 Å². The number of anilines is 1. The van der Waals surface area contributed by atoms with Gasteiger partial charge in [-0.3, -0.25) is 9.69 Å². The van der Waals surface area contributed by atoms with Crippen molar-refractivity contribution in [3.63, 3.8) is 0 Å². The van der Waals surface area contributed by atoms with Gasteiger partial charge in [0, 0.05) is 63.9 Å². The molecule has 4 rings (SSSR count). The van der Waals surface area contributed by atoms with E-state index in [1.807, 2.05) is 26.8 Å². The summed E-state index contributed by atoms with van der Waals surface area (Å²) in [6, 6.07) is 6.88. The predicted octanol–water partition coefficient (Wildman–Crippen LogP) is 5.17. The number of rotatable bonds is 15. The average Bonchev–Trinajstić information content (AvgIpc) is 3.40. The lowest BCUT2D eigenvalue weighted by atomic mass is 9.76. The fraction of sp³-hybridized carbons (Fsp3) is 0.667. The van der Waals surface area contributed by atoms with Crippen molar-refractivity contribution in [3.05, 3.63) is 41.8 Å². The van der Waals surface area contributed by atoms with E-state index in [0.717, 1.165) is 58.0 Å². The Morgan fingerprint density at radius 2 is 1.91 bits per heavy atom. The first-order valence-corrected chi connectivity index (χ1v) is 15.8. The Morgan fingerprint density at radius 3 is 2.58 bits per heavy atom. The number of aromatic nitrogens is 2. The summed E-state index contributed by atoms with van der Waals surface area (Å²) >= 11 is 0. The second-order valence-corrected chi connectivity index (χ2v) is 13.0. The number of amides is 1. The minimum atomic E-state index is -0.598.